The maximum absolute atomic E-state index is 7.37. The minimum Gasteiger partial charge on any atom is -0.396 e. The Morgan fingerprint density at radius 3 is 1.37 bits per heavy atom. The summed E-state index contributed by atoms with van der Waals surface area (Å²) in [5.41, 5.74) is 19.4. The lowest BCUT2D eigenvalue weighted by Crippen LogP contribution is -2.09. The highest BCUT2D eigenvalue weighted by atomic mass is 16.5. The van der Waals surface area contributed by atoms with E-state index >= 15 is 0 Å². The molecule has 0 radical (unpaired) electrons. The molecule has 0 spiro atoms. The van der Waals surface area contributed by atoms with Gasteiger partial charge in [-0.3, -0.25) is 0 Å². The highest BCUT2D eigenvalue weighted by Gasteiger charge is 2.26. The van der Waals surface area contributed by atoms with Gasteiger partial charge >= 0.3 is 0 Å². The number of benzene rings is 7. The summed E-state index contributed by atoms with van der Waals surface area (Å²) in [6.45, 7) is 10.8. The van der Waals surface area contributed by atoms with Crippen molar-refractivity contribution in [2.75, 3.05) is 35.3 Å². The molecule has 9 nitrogen and oxygen atoms in total. The van der Waals surface area contributed by atoms with Gasteiger partial charge in [0.25, 0.3) is 0 Å². The number of hydrogen-bond acceptors (Lipinski definition) is 8. The molecule has 0 aliphatic heterocycles. The molecule has 0 saturated carbocycles. The maximum Gasteiger partial charge on any atom is 0.124 e. The van der Waals surface area contributed by atoms with Gasteiger partial charge in [0, 0.05) is 51.9 Å². The van der Waals surface area contributed by atoms with Gasteiger partial charge in [-0.1, -0.05) is 131 Å². The number of nitrogen functional groups attached to an aromatic ring is 1. The average molecular weight is 819 g/mol. The van der Waals surface area contributed by atoms with Gasteiger partial charge in [0.05, 0.1) is 25.4 Å². The third kappa shape index (κ3) is 9.43. The van der Waals surface area contributed by atoms with Gasteiger partial charge in [-0.15, -0.1) is 0 Å². The van der Waals surface area contributed by atoms with Crippen LogP contribution >= 0.6 is 0 Å². The lowest BCUT2D eigenvalue weighted by molar-refractivity contribution is 0.118. The molecule has 312 valence electrons. The number of aromatic nitrogens is 3. The molecule has 0 unspecified atom stereocenters. The zero-order valence-electron chi connectivity index (χ0n) is 36.0. The van der Waals surface area contributed by atoms with Gasteiger partial charge in [-0.05, 0) is 95.8 Å². The number of hydrogen-bond donors (Lipinski definition) is 1. The minimum absolute atomic E-state index is 0.0779. The van der Waals surface area contributed by atoms with Gasteiger partial charge in [0.2, 0.25) is 0 Å². The van der Waals surface area contributed by atoms with Gasteiger partial charge < -0.3 is 20.3 Å². The normalized spacial score (nSPS) is 11.7. The van der Waals surface area contributed by atoms with Crippen LogP contribution in [0.4, 0.5) is 45.5 Å². The first-order chi connectivity index (χ1) is 30.3. The number of nitrogens with two attached hydrogens (primary N) is 1. The Balaban J connectivity index is 1.28. The van der Waals surface area contributed by atoms with Crippen molar-refractivity contribution in [2.24, 2.45) is 15.6 Å². The molecular formula is C53H54N8O. The molecule has 1 heterocycles. The van der Waals surface area contributed by atoms with E-state index < -0.39 is 0 Å². The van der Waals surface area contributed by atoms with Gasteiger partial charge in [-0.25, -0.2) is 0 Å². The van der Waals surface area contributed by atoms with Crippen LogP contribution in [0.2, 0.25) is 0 Å². The molecule has 1 aromatic heterocycles. The first kappa shape index (κ1) is 41.6. The molecule has 0 amide bonds. The third-order valence-electron chi connectivity index (χ3n) is 10.6. The number of rotatable bonds is 16. The van der Waals surface area contributed by atoms with Crippen molar-refractivity contribution in [1.29, 1.82) is 0 Å². The van der Waals surface area contributed by atoms with Crippen molar-refractivity contribution in [1.82, 2.24) is 15.0 Å². The highest BCUT2D eigenvalue weighted by molar-refractivity contribution is 6.12. The molecule has 0 aliphatic rings. The van der Waals surface area contributed by atoms with Crippen molar-refractivity contribution in [3.63, 3.8) is 0 Å². The quantitative estimate of drug-likeness (QED) is 0.0592. The summed E-state index contributed by atoms with van der Waals surface area (Å²) in [6.07, 6.45) is 2.08. The number of unbranched alkanes of at least 4 members (excludes halogenated alkanes) is 1. The third-order valence-corrected chi connectivity index (χ3v) is 10.6. The van der Waals surface area contributed by atoms with E-state index in [0.29, 0.717) is 48.7 Å². The second-order valence-electron chi connectivity index (χ2n) is 16.5. The van der Waals surface area contributed by atoms with Crippen LogP contribution in [0.15, 0.2) is 180 Å². The number of para-hydroxylation sites is 4. The van der Waals surface area contributed by atoms with Crippen LogP contribution < -0.4 is 15.5 Å². The molecule has 9 heteroatoms. The fourth-order valence-corrected chi connectivity index (χ4v) is 7.52. The molecule has 8 aromatic rings. The van der Waals surface area contributed by atoms with Crippen LogP contribution in [0.25, 0.3) is 33.3 Å². The van der Waals surface area contributed by atoms with Crippen molar-refractivity contribution in [3.8, 4) is 22.3 Å². The SMILES string of the molecule is CCCCOCCn1nc2c(-c3ccc(N(c4ccccc4)c4ccccc4)cc3)c(N)c(N=NCC(C)(C)C)c(-c3ccc(N(c4ccccc4)c4ccccc4)cc3)c2n1. The van der Waals surface area contributed by atoms with Crippen molar-refractivity contribution in [3.05, 3.63) is 170 Å². The fraction of sp³-hybridized carbons (Fsp3) is 0.208. The van der Waals surface area contributed by atoms with Gasteiger partial charge in [-0.2, -0.15) is 25.2 Å². The number of nitrogens with zero attached hydrogens (tertiary/aromatic N) is 7. The van der Waals surface area contributed by atoms with Crippen LogP contribution in [-0.4, -0.2) is 34.8 Å². The minimum atomic E-state index is -0.0779. The van der Waals surface area contributed by atoms with Gasteiger partial charge in [0.15, 0.2) is 0 Å². The van der Waals surface area contributed by atoms with Crippen LogP contribution in [0.3, 0.4) is 0 Å². The number of ether oxygens (including phenoxy) is 1. The van der Waals surface area contributed by atoms with Crippen molar-refractivity contribution in [2.45, 2.75) is 47.1 Å². The van der Waals surface area contributed by atoms with Crippen LogP contribution in [0, 0.1) is 5.41 Å². The number of anilines is 7. The first-order valence-electron chi connectivity index (χ1n) is 21.5. The molecule has 0 bridgehead atoms. The Hall–Kier alpha value is -7.10. The first-order valence-corrected chi connectivity index (χ1v) is 21.5. The number of azo groups is 1. The van der Waals surface area contributed by atoms with E-state index in [0.717, 1.165) is 69.2 Å². The summed E-state index contributed by atoms with van der Waals surface area (Å²) < 4.78 is 5.98. The van der Waals surface area contributed by atoms with Crippen LogP contribution in [-0.2, 0) is 11.3 Å². The summed E-state index contributed by atoms with van der Waals surface area (Å²) in [5, 5.41) is 20.1. The molecule has 0 saturated heterocycles. The summed E-state index contributed by atoms with van der Waals surface area (Å²) in [7, 11) is 0. The van der Waals surface area contributed by atoms with E-state index in [9.17, 15) is 0 Å². The van der Waals surface area contributed by atoms with E-state index in [1.165, 1.54) is 0 Å². The molecule has 7 aromatic carbocycles. The fourth-order valence-electron chi connectivity index (χ4n) is 7.52. The second-order valence-corrected chi connectivity index (χ2v) is 16.5. The van der Waals surface area contributed by atoms with E-state index in [1.807, 2.05) is 24.3 Å². The smallest absolute Gasteiger partial charge is 0.124 e. The average Bonchev–Trinajstić information content (AvgIpc) is 3.71. The Labute approximate surface area is 365 Å². The number of fused-ring (bicyclic) bond motifs is 1. The molecule has 0 aliphatic carbocycles. The lowest BCUT2D eigenvalue weighted by atomic mass is 9.93. The summed E-state index contributed by atoms with van der Waals surface area (Å²) in [4.78, 5) is 6.23. The Morgan fingerprint density at radius 2 is 0.952 bits per heavy atom. The summed E-state index contributed by atoms with van der Waals surface area (Å²) in [5.74, 6) is 0. The summed E-state index contributed by atoms with van der Waals surface area (Å²) >= 11 is 0. The van der Waals surface area contributed by atoms with E-state index in [4.69, 9.17) is 30.9 Å². The largest absolute Gasteiger partial charge is 0.396 e. The van der Waals surface area contributed by atoms with Crippen molar-refractivity contribution < 1.29 is 4.74 Å². The van der Waals surface area contributed by atoms with E-state index in [1.54, 1.807) is 4.80 Å². The van der Waals surface area contributed by atoms with E-state index in [-0.39, 0.29) is 5.41 Å². The van der Waals surface area contributed by atoms with Crippen LogP contribution in [0.5, 0.6) is 0 Å². The molecule has 8 rings (SSSR count). The van der Waals surface area contributed by atoms with E-state index in [2.05, 4.69) is 183 Å². The van der Waals surface area contributed by atoms with Crippen molar-refractivity contribution >= 4 is 56.5 Å². The Bertz CT molecular complexity index is 2620. The topological polar surface area (TPSA) is 97.2 Å². The molecule has 2 N–H and O–H groups in total. The maximum atomic E-state index is 7.37. The predicted octanol–water partition coefficient (Wildman–Crippen LogP) is 14.2. The summed E-state index contributed by atoms with van der Waals surface area (Å²) in [6, 6.07) is 58.6. The predicted molar refractivity (Wildman–Crippen MR) is 257 cm³/mol. The molecule has 0 fully saturated rings. The lowest BCUT2D eigenvalue weighted by Gasteiger charge is -2.26. The van der Waals surface area contributed by atoms with Gasteiger partial charge in [0.1, 0.15) is 16.7 Å². The molecular weight excluding hydrogens is 765 g/mol. The Kier molecular flexibility index (Phi) is 12.8. The standard InChI is InChI=1S/C53H54N8O/c1-5-6-36-62-37-35-59-57-51-47(39-27-31-45(32-28-39)60(41-19-11-7-12-20-41)42-21-13-8-14-22-42)49(54)50(56-55-38-53(2,3)4)48(52(51)58-59)40-29-33-46(34-30-40)61(43-23-15-9-16-24-43)44-25-17-10-18-26-44/h7-34H,5-6,35-38,54H2,1-4H3. The second kappa shape index (κ2) is 19.1. The van der Waals surface area contributed by atoms with Crippen LogP contribution in [0.1, 0.15) is 40.5 Å². The zero-order valence-corrected chi connectivity index (χ0v) is 36.0. The molecule has 0 atom stereocenters. The molecule has 62 heavy (non-hydrogen) atoms. The zero-order chi connectivity index (χ0) is 42.9. The highest BCUT2D eigenvalue weighted by Crippen LogP contribution is 2.48. The monoisotopic (exact) mass is 818 g/mol. The Morgan fingerprint density at radius 1 is 0.548 bits per heavy atom.